The van der Waals surface area contributed by atoms with Crippen LogP contribution in [0.2, 0.25) is 0 Å². The van der Waals surface area contributed by atoms with E-state index < -0.39 is 11.9 Å². The van der Waals surface area contributed by atoms with Crippen molar-refractivity contribution >= 4 is 23.5 Å². The molecule has 0 saturated carbocycles. The number of rotatable bonds is 4. The summed E-state index contributed by atoms with van der Waals surface area (Å²) in [5.74, 6) is -0.763. The van der Waals surface area contributed by atoms with E-state index in [0.717, 1.165) is 0 Å². The van der Waals surface area contributed by atoms with Crippen LogP contribution in [0, 0.1) is 0 Å². The zero-order valence-electron chi connectivity index (χ0n) is 8.31. The van der Waals surface area contributed by atoms with Gasteiger partial charge in [-0.15, -0.1) is 0 Å². The van der Waals surface area contributed by atoms with E-state index in [1.807, 2.05) is 0 Å². The monoisotopic (exact) mass is 243 g/mol. The van der Waals surface area contributed by atoms with Crippen molar-refractivity contribution < 1.29 is 19.1 Å². The number of carbonyl (C=O) groups excluding carboxylic acids is 2. The molecule has 16 heavy (non-hydrogen) atoms. The lowest BCUT2D eigenvalue weighted by atomic mass is 10.2. The SMILES string of the molecule is NCC(=O)Oc1ccc(C(=O)OCCl)cc1. The maximum absolute atomic E-state index is 11.2. The molecule has 0 fully saturated rings. The molecule has 0 atom stereocenters. The zero-order chi connectivity index (χ0) is 12.0. The summed E-state index contributed by atoms with van der Waals surface area (Å²) in [6, 6.07) is 5.67. The molecule has 0 radical (unpaired) electrons. The predicted molar refractivity (Wildman–Crippen MR) is 57.3 cm³/mol. The molecule has 0 spiro atoms. The molecule has 86 valence electrons. The molecule has 0 unspecified atom stereocenters. The molecule has 0 amide bonds. The van der Waals surface area contributed by atoms with E-state index in [2.05, 4.69) is 4.74 Å². The number of carbonyl (C=O) groups is 2. The first-order valence-corrected chi connectivity index (χ1v) is 4.94. The van der Waals surface area contributed by atoms with Gasteiger partial charge < -0.3 is 15.2 Å². The summed E-state index contributed by atoms with van der Waals surface area (Å²) < 4.78 is 9.38. The summed E-state index contributed by atoms with van der Waals surface area (Å²) in [5.41, 5.74) is 5.40. The standard InChI is InChI=1S/C10H10ClNO4/c11-6-15-10(14)7-1-3-8(4-2-7)16-9(13)5-12/h1-4H,5-6,12H2. The van der Waals surface area contributed by atoms with Gasteiger partial charge in [0.05, 0.1) is 12.1 Å². The minimum atomic E-state index is -0.545. The minimum absolute atomic E-state index is 0.198. The van der Waals surface area contributed by atoms with Gasteiger partial charge in [-0.1, -0.05) is 11.6 Å². The Hall–Kier alpha value is -1.59. The summed E-state index contributed by atoms with van der Waals surface area (Å²) in [6.45, 7) is -0.198. The number of hydrogen-bond acceptors (Lipinski definition) is 5. The van der Waals surface area contributed by atoms with Crippen molar-refractivity contribution in [3.63, 3.8) is 0 Å². The first kappa shape index (κ1) is 12.5. The molecule has 0 aliphatic carbocycles. The molecule has 0 saturated heterocycles. The van der Waals surface area contributed by atoms with Crippen LogP contribution in [-0.2, 0) is 9.53 Å². The van der Waals surface area contributed by atoms with Crippen LogP contribution in [-0.4, -0.2) is 24.5 Å². The summed E-state index contributed by atoms with van der Waals surface area (Å²) in [7, 11) is 0. The minimum Gasteiger partial charge on any atom is -0.446 e. The smallest absolute Gasteiger partial charge is 0.339 e. The molecule has 1 aromatic rings. The van der Waals surface area contributed by atoms with Crippen molar-refractivity contribution in [3.8, 4) is 5.75 Å². The highest BCUT2D eigenvalue weighted by atomic mass is 35.5. The van der Waals surface area contributed by atoms with Gasteiger partial charge >= 0.3 is 11.9 Å². The van der Waals surface area contributed by atoms with E-state index in [0.29, 0.717) is 11.3 Å². The Kier molecular flexibility index (Phi) is 4.75. The van der Waals surface area contributed by atoms with Crippen LogP contribution in [0.15, 0.2) is 24.3 Å². The van der Waals surface area contributed by atoms with Crippen molar-refractivity contribution in [1.82, 2.24) is 0 Å². The number of esters is 2. The van der Waals surface area contributed by atoms with Gasteiger partial charge in [0.25, 0.3) is 0 Å². The van der Waals surface area contributed by atoms with E-state index in [1.165, 1.54) is 24.3 Å². The average Bonchev–Trinajstić information content (AvgIpc) is 2.30. The number of alkyl halides is 1. The van der Waals surface area contributed by atoms with E-state index in [9.17, 15) is 9.59 Å². The Bertz CT molecular complexity index is 377. The first-order valence-electron chi connectivity index (χ1n) is 4.41. The molecule has 1 rings (SSSR count). The fraction of sp³-hybridized carbons (Fsp3) is 0.200. The van der Waals surface area contributed by atoms with Crippen LogP contribution in [0.1, 0.15) is 10.4 Å². The van der Waals surface area contributed by atoms with Gasteiger partial charge in [-0.2, -0.15) is 0 Å². The quantitative estimate of drug-likeness (QED) is 0.483. The Balaban J connectivity index is 2.67. The maximum atomic E-state index is 11.2. The van der Waals surface area contributed by atoms with Gasteiger partial charge in [-0.25, -0.2) is 4.79 Å². The third-order valence-electron chi connectivity index (χ3n) is 1.67. The van der Waals surface area contributed by atoms with Gasteiger partial charge in [0.2, 0.25) is 0 Å². The molecule has 6 heteroatoms. The van der Waals surface area contributed by atoms with Crippen LogP contribution in [0.3, 0.4) is 0 Å². The van der Waals surface area contributed by atoms with Crippen LogP contribution in [0.25, 0.3) is 0 Å². The summed E-state index contributed by atoms with van der Waals surface area (Å²) in [6.07, 6.45) is 0. The highest BCUT2D eigenvalue weighted by molar-refractivity contribution is 6.17. The Morgan fingerprint density at radius 1 is 1.25 bits per heavy atom. The molecule has 1 aromatic carbocycles. The second-order valence-electron chi connectivity index (χ2n) is 2.74. The van der Waals surface area contributed by atoms with Crippen molar-refractivity contribution in [2.24, 2.45) is 5.73 Å². The number of halogens is 1. The normalized spacial score (nSPS) is 9.62. The third kappa shape index (κ3) is 3.52. The van der Waals surface area contributed by atoms with Crippen LogP contribution < -0.4 is 10.5 Å². The first-order chi connectivity index (χ1) is 7.67. The van der Waals surface area contributed by atoms with E-state index in [4.69, 9.17) is 22.1 Å². The summed E-state index contributed by atoms with van der Waals surface area (Å²) in [5, 5.41) is 0. The van der Waals surface area contributed by atoms with Gasteiger partial charge in [0.1, 0.15) is 5.75 Å². The highest BCUT2D eigenvalue weighted by Crippen LogP contribution is 2.13. The van der Waals surface area contributed by atoms with Gasteiger partial charge in [-0.3, -0.25) is 4.79 Å². The molecular formula is C10H10ClNO4. The number of benzene rings is 1. The molecule has 0 aliphatic heterocycles. The molecule has 0 aromatic heterocycles. The average molecular weight is 244 g/mol. The fourth-order valence-corrected chi connectivity index (χ4v) is 1.06. The fourth-order valence-electron chi connectivity index (χ4n) is 0.965. The second kappa shape index (κ2) is 6.09. The van der Waals surface area contributed by atoms with Gasteiger partial charge in [-0.05, 0) is 24.3 Å². The lowest BCUT2D eigenvalue weighted by Gasteiger charge is -2.03. The largest absolute Gasteiger partial charge is 0.446 e. The van der Waals surface area contributed by atoms with Crippen molar-refractivity contribution in [3.05, 3.63) is 29.8 Å². The second-order valence-corrected chi connectivity index (χ2v) is 2.96. The lowest BCUT2D eigenvalue weighted by Crippen LogP contribution is -2.19. The molecule has 2 N–H and O–H groups in total. The van der Waals surface area contributed by atoms with Gasteiger partial charge in [0.15, 0.2) is 6.07 Å². The number of nitrogens with two attached hydrogens (primary N) is 1. The lowest BCUT2D eigenvalue weighted by molar-refractivity contribution is -0.132. The van der Waals surface area contributed by atoms with E-state index in [-0.39, 0.29) is 12.6 Å². The van der Waals surface area contributed by atoms with Crippen molar-refractivity contribution in [2.45, 2.75) is 0 Å². The molecule has 0 heterocycles. The zero-order valence-corrected chi connectivity index (χ0v) is 9.07. The highest BCUT2D eigenvalue weighted by Gasteiger charge is 2.07. The summed E-state index contributed by atoms with van der Waals surface area (Å²) >= 11 is 5.24. The van der Waals surface area contributed by atoms with Crippen LogP contribution in [0.5, 0.6) is 5.75 Å². The third-order valence-corrected chi connectivity index (χ3v) is 1.78. The van der Waals surface area contributed by atoms with Crippen LogP contribution >= 0.6 is 11.6 Å². The predicted octanol–water partition coefficient (Wildman–Crippen LogP) is 0.904. The molecule has 0 bridgehead atoms. The van der Waals surface area contributed by atoms with Crippen LogP contribution in [0.4, 0.5) is 0 Å². The topological polar surface area (TPSA) is 78.6 Å². The Labute approximate surface area is 97.1 Å². The number of hydrogen-bond donors (Lipinski definition) is 1. The number of ether oxygens (including phenoxy) is 2. The molecule has 0 aliphatic rings. The van der Waals surface area contributed by atoms with E-state index in [1.54, 1.807) is 0 Å². The van der Waals surface area contributed by atoms with Crippen molar-refractivity contribution in [2.75, 3.05) is 12.6 Å². The Morgan fingerprint density at radius 3 is 2.38 bits per heavy atom. The Morgan fingerprint density at radius 2 is 1.88 bits per heavy atom. The van der Waals surface area contributed by atoms with Crippen molar-refractivity contribution in [1.29, 1.82) is 0 Å². The summed E-state index contributed by atoms with van der Waals surface area (Å²) in [4.78, 5) is 22.0. The molecular weight excluding hydrogens is 234 g/mol. The molecule has 5 nitrogen and oxygen atoms in total. The van der Waals surface area contributed by atoms with Gasteiger partial charge in [0, 0.05) is 0 Å². The maximum Gasteiger partial charge on any atom is 0.339 e. The van der Waals surface area contributed by atoms with E-state index >= 15 is 0 Å².